The predicted octanol–water partition coefficient (Wildman–Crippen LogP) is 14.4. The van der Waals surface area contributed by atoms with Gasteiger partial charge >= 0.3 is 0 Å². The molecule has 1 rings (SSSR count). The quantitative estimate of drug-likeness (QED) is 0.0215. The number of ether oxygens (including phenoxy) is 2. The van der Waals surface area contributed by atoms with E-state index in [-0.39, 0.29) is 12.8 Å². The van der Waals surface area contributed by atoms with Gasteiger partial charge in [0.15, 0.2) is 6.29 Å². The van der Waals surface area contributed by atoms with Crippen LogP contribution in [0.4, 0.5) is 0 Å². The van der Waals surface area contributed by atoms with Gasteiger partial charge in [0.2, 0.25) is 5.91 Å². The van der Waals surface area contributed by atoms with E-state index in [9.17, 15) is 40.5 Å². The van der Waals surface area contributed by atoms with Gasteiger partial charge in [-0.3, -0.25) is 4.79 Å². The summed E-state index contributed by atoms with van der Waals surface area (Å²) in [6, 6.07) is -1.19. The summed E-state index contributed by atoms with van der Waals surface area (Å²) in [5.74, 6) is -0.709. The summed E-state index contributed by atoms with van der Waals surface area (Å²) in [6.45, 7) is 3.46. The molecule has 1 fully saturated rings. The molecular formula is C65H121NO10. The van der Waals surface area contributed by atoms with Gasteiger partial charge in [0.1, 0.15) is 36.6 Å². The molecule has 446 valence electrons. The minimum atomic E-state index is -1.67. The van der Waals surface area contributed by atoms with Crippen LogP contribution in [-0.2, 0) is 14.3 Å². The molecule has 0 bridgehead atoms. The first kappa shape index (κ1) is 72.1. The van der Waals surface area contributed by atoms with Gasteiger partial charge in [-0.25, -0.2) is 0 Å². The summed E-state index contributed by atoms with van der Waals surface area (Å²) in [7, 11) is 0. The summed E-state index contributed by atoms with van der Waals surface area (Å²) in [6.07, 6.45) is 57.5. The van der Waals surface area contributed by atoms with Gasteiger partial charge in [0.05, 0.1) is 25.4 Å². The Labute approximate surface area is 466 Å². The topological polar surface area (TPSA) is 189 Å². The molecule has 8 N–H and O–H groups in total. The third kappa shape index (κ3) is 41.1. The molecule has 1 aliphatic rings. The van der Waals surface area contributed by atoms with Crippen LogP contribution in [0.5, 0.6) is 0 Å². The molecule has 0 saturated carbocycles. The number of unbranched alkanes of at least 4 members (excludes halogenated alkanes) is 35. The molecule has 11 heteroatoms. The number of aliphatic hydroxyl groups excluding tert-OH is 7. The number of nitrogens with one attached hydrogen (secondary N) is 1. The Hall–Kier alpha value is -1.93. The summed E-state index contributed by atoms with van der Waals surface area (Å²) in [4.78, 5) is 13.2. The fraction of sp³-hybridized carbons (Fsp3) is 0.862. The van der Waals surface area contributed by atoms with Crippen LogP contribution in [0, 0.1) is 0 Å². The maximum absolute atomic E-state index is 13.2. The third-order valence-electron chi connectivity index (χ3n) is 15.3. The fourth-order valence-corrected chi connectivity index (χ4v) is 10.1. The molecule has 1 saturated heterocycles. The van der Waals surface area contributed by atoms with Crippen LogP contribution in [-0.4, -0.2) is 110 Å². The molecule has 1 heterocycles. The Morgan fingerprint density at radius 3 is 1.25 bits per heavy atom. The number of carbonyl (C=O) groups is 1. The first-order chi connectivity index (χ1) is 37.2. The van der Waals surface area contributed by atoms with E-state index in [0.717, 1.165) is 44.9 Å². The molecule has 9 unspecified atom stereocenters. The highest BCUT2D eigenvalue weighted by Crippen LogP contribution is 2.23. The molecule has 0 aliphatic carbocycles. The van der Waals surface area contributed by atoms with Crippen molar-refractivity contribution in [2.75, 3.05) is 13.2 Å². The van der Waals surface area contributed by atoms with Crippen LogP contribution in [0.2, 0.25) is 0 Å². The molecule has 0 aromatic carbocycles. The molecule has 9 atom stereocenters. The van der Waals surface area contributed by atoms with Crippen molar-refractivity contribution >= 4 is 5.91 Å². The molecule has 76 heavy (non-hydrogen) atoms. The van der Waals surface area contributed by atoms with Crippen LogP contribution >= 0.6 is 0 Å². The van der Waals surface area contributed by atoms with E-state index in [1.54, 1.807) is 0 Å². The van der Waals surface area contributed by atoms with Gasteiger partial charge in [-0.15, -0.1) is 0 Å². The second-order valence-electron chi connectivity index (χ2n) is 22.5. The Morgan fingerprint density at radius 2 is 0.829 bits per heavy atom. The first-order valence-corrected chi connectivity index (χ1v) is 32.0. The maximum Gasteiger partial charge on any atom is 0.249 e. The molecule has 11 nitrogen and oxygen atoms in total. The smallest absolute Gasteiger partial charge is 0.249 e. The molecule has 0 aromatic heterocycles. The minimum absolute atomic E-state index is 0.246. The highest BCUT2D eigenvalue weighted by molar-refractivity contribution is 5.80. The number of carbonyl (C=O) groups excluding carboxylic acids is 1. The zero-order valence-corrected chi connectivity index (χ0v) is 49.0. The Balaban J connectivity index is 2.26. The minimum Gasteiger partial charge on any atom is -0.394 e. The fourth-order valence-electron chi connectivity index (χ4n) is 10.1. The second kappa shape index (κ2) is 53.7. The number of rotatable bonds is 55. The number of allylic oxidation sites excluding steroid dienone is 8. The van der Waals surface area contributed by atoms with Gasteiger partial charge in [-0.2, -0.15) is 0 Å². The average Bonchev–Trinajstić information content (AvgIpc) is 3.42. The lowest BCUT2D eigenvalue weighted by atomic mass is 9.98. The molecule has 0 aromatic rings. The van der Waals surface area contributed by atoms with Crippen molar-refractivity contribution in [2.45, 2.75) is 345 Å². The summed E-state index contributed by atoms with van der Waals surface area (Å²) >= 11 is 0. The van der Waals surface area contributed by atoms with Gasteiger partial charge in [-0.05, 0) is 83.5 Å². The van der Waals surface area contributed by atoms with E-state index < -0.39 is 74.2 Å². The van der Waals surface area contributed by atoms with Crippen molar-refractivity contribution in [3.05, 3.63) is 48.6 Å². The van der Waals surface area contributed by atoms with Crippen LogP contribution in [0.3, 0.4) is 0 Å². The lowest BCUT2D eigenvalue weighted by Crippen LogP contribution is -2.60. The molecular weight excluding hydrogens is 955 g/mol. The highest BCUT2D eigenvalue weighted by atomic mass is 16.7. The number of hydrogen-bond donors (Lipinski definition) is 8. The summed E-state index contributed by atoms with van der Waals surface area (Å²) in [5, 5.41) is 76.2. The second-order valence-corrected chi connectivity index (χ2v) is 22.5. The van der Waals surface area contributed by atoms with Crippen LogP contribution in [0.1, 0.15) is 290 Å². The van der Waals surface area contributed by atoms with Crippen LogP contribution < -0.4 is 5.32 Å². The van der Waals surface area contributed by atoms with E-state index in [2.05, 4.69) is 67.8 Å². The van der Waals surface area contributed by atoms with Crippen molar-refractivity contribution < 1.29 is 50.0 Å². The number of aliphatic hydroxyl groups is 7. The lowest BCUT2D eigenvalue weighted by molar-refractivity contribution is -0.303. The van der Waals surface area contributed by atoms with E-state index >= 15 is 0 Å². The van der Waals surface area contributed by atoms with Gasteiger partial charge < -0.3 is 50.5 Å². The molecule has 0 spiro atoms. The maximum atomic E-state index is 13.2. The standard InChI is InChI=1S/C65H121NO10/c1-3-5-7-9-11-13-15-17-19-21-23-24-25-26-27-28-29-30-31-32-33-35-37-39-41-43-45-47-49-51-53-58(69)64(74)66-56(55-75-65-63(73)62(72)61(71)59(54-67)76-65)60(70)57(68)52-50-48-46-44-42-40-38-36-34-22-20-18-16-14-12-10-8-6-4-2/h23-24,26-27,36,38,44,46,56-63,65,67-73H,3-22,25,28-35,37,39-43,45,47-55H2,1-2H3,(H,66,74)/b24-23-,27-26-,38-36+,46-44+. The monoisotopic (exact) mass is 1080 g/mol. The number of amides is 1. The summed E-state index contributed by atoms with van der Waals surface area (Å²) in [5.41, 5.74) is 0. The van der Waals surface area contributed by atoms with Crippen LogP contribution in [0.25, 0.3) is 0 Å². The molecule has 1 amide bonds. The largest absolute Gasteiger partial charge is 0.394 e. The lowest BCUT2D eigenvalue weighted by Gasteiger charge is -2.40. The molecule has 0 radical (unpaired) electrons. The van der Waals surface area contributed by atoms with Crippen molar-refractivity contribution in [1.29, 1.82) is 0 Å². The van der Waals surface area contributed by atoms with Crippen molar-refractivity contribution in [3.63, 3.8) is 0 Å². The predicted molar refractivity (Wildman–Crippen MR) is 316 cm³/mol. The van der Waals surface area contributed by atoms with E-state index in [0.29, 0.717) is 19.3 Å². The SMILES string of the molecule is CCCCCCCCCCC/C=C\C/C=C\CCCCCCCCCCCCCCCCC(O)C(=O)NC(COC1OC(CO)C(O)C(O)C1O)C(O)C(O)CCC/C=C/CC/C=C/CCCCCCCCCCCC. The van der Waals surface area contributed by atoms with Crippen molar-refractivity contribution in [1.82, 2.24) is 5.32 Å². The average molecular weight is 1080 g/mol. The van der Waals surface area contributed by atoms with Crippen LogP contribution in [0.15, 0.2) is 48.6 Å². The summed E-state index contributed by atoms with van der Waals surface area (Å²) < 4.78 is 11.1. The van der Waals surface area contributed by atoms with Gasteiger partial charge in [0.25, 0.3) is 0 Å². The van der Waals surface area contributed by atoms with Crippen molar-refractivity contribution in [3.8, 4) is 0 Å². The zero-order chi connectivity index (χ0) is 55.4. The zero-order valence-electron chi connectivity index (χ0n) is 49.0. The van der Waals surface area contributed by atoms with E-state index in [4.69, 9.17) is 9.47 Å². The number of hydrogen-bond acceptors (Lipinski definition) is 10. The molecule has 1 aliphatic heterocycles. The Bertz CT molecular complexity index is 1370. The first-order valence-electron chi connectivity index (χ1n) is 32.0. The Morgan fingerprint density at radius 1 is 0.461 bits per heavy atom. The van der Waals surface area contributed by atoms with Gasteiger partial charge in [-0.1, -0.05) is 255 Å². The van der Waals surface area contributed by atoms with Crippen molar-refractivity contribution in [2.24, 2.45) is 0 Å². The third-order valence-corrected chi connectivity index (χ3v) is 15.3. The normalized spacial score (nSPS) is 19.9. The van der Waals surface area contributed by atoms with E-state index in [1.165, 1.54) is 199 Å². The van der Waals surface area contributed by atoms with E-state index in [1.807, 2.05) is 0 Å². The Kier molecular flexibility index (Phi) is 50.9. The highest BCUT2D eigenvalue weighted by Gasteiger charge is 2.44. The van der Waals surface area contributed by atoms with Gasteiger partial charge in [0, 0.05) is 0 Å².